The first kappa shape index (κ1) is 15.6. The molecular weight excluding hydrogens is 297 g/mol. The van der Waals surface area contributed by atoms with E-state index in [0.717, 1.165) is 17.0 Å². The van der Waals surface area contributed by atoms with Crippen molar-refractivity contribution in [2.45, 2.75) is 18.6 Å². The van der Waals surface area contributed by atoms with Crippen LogP contribution in [0.4, 0.5) is 18.9 Å². The number of halogens is 3. The van der Waals surface area contributed by atoms with Crippen LogP contribution in [0, 0.1) is 11.3 Å². The summed E-state index contributed by atoms with van der Waals surface area (Å²) in [6.07, 6.45) is -2.25. The topological polar surface area (TPSA) is 70.7 Å². The maximum atomic E-state index is 12.5. The van der Waals surface area contributed by atoms with Crippen LogP contribution < -0.4 is 5.32 Å². The van der Waals surface area contributed by atoms with Gasteiger partial charge < -0.3 is 9.88 Å². The Kier molecular flexibility index (Phi) is 4.46. The lowest BCUT2D eigenvalue weighted by atomic mass is 10.1. The summed E-state index contributed by atoms with van der Waals surface area (Å²) in [5, 5.41) is 11.6. The molecule has 0 saturated carbocycles. The Morgan fingerprint density at radius 1 is 1.36 bits per heavy atom. The van der Waals surface area contributed by atoms with Crippen molar-refractivity contribution in [3.63, 3.8) is 0 Å². The minimum absolute atomic E-state index is 0.242. The molecule has 8 heteroatoms. The number of hydrogen-bond donors (Lipinski definition) is 1. The van der Waals surface area contributed by atoms with Gasteiger partial charge in [0.05, 0.1) is 6.07 Å². The third kappa shape index (κ3) is 3.85. The van der Waals surface area contributed by atoms with Crippen LogP contribution >= 0.6 is 0 Å². The van der Waals surface area contributed by atoms with Crippen LogP contribution in [0.5, 0.6) is 0 Å². The number of alkyl halides is 3. The molecule has 0 bridgehead atoms. The first-order valence-electron chi connectivity index (χ1n) is 6.24. The fraction of sp³-hybridized carbons (Fsp3) is 0.214. The largest absolute Gasteiger partial charge is 0.406 e. The first-order chi connectivity index (χ1) is 10.4. The zero-order valence-corrected chi connectivity index (χ0v) is 11.2. The van der Waals surface area contributed by atoms with Gasteiger partial charge in [0.25, 0.3) is 0 Å². The summed E-state index contributed by atoms with van der Waals surface area (Å²) in [6.45, 7) is -1.31. The SMILES string of the molecule is N#C[C@H](C(=O)Nc1ccccc1)c1nccn1CC(F)(F)F. The number of hydrogen-bond acceptors (Lipinski definition) is 3. The van der Waals surface area contributed by atoms with Gasteiger partial charge in [-0.1, -0.05) is 18.2 Å². The maximum absolute atomic E-state index is 12.5. The predicted octanol–water partition coefficient (Wildman–Crippen LogP) is 2.69. The van der Waals surface area contributed by atoms with Gasteiger partial charge in [0.1, 0.15) is 12.4 Å². The summed E-state index contributed by atoms with van der Waals surface area (Å²) in [7, 11) is 0. The van der Waals surface area contributed by atoms with E-state index in [9.17, 15) is 18.0 Å². The molecular formula is C14H11F3N4O. The number of nitriles is 1. The van der Waals surface area contributed by atoms with Crippen molar-refractivity contribution in [2.24, 2.45) is 0 Å². The Bertz CT molecular complexity index is 688. The molecule has 0 aliphatic rings. The number of anilines is 1. The molecule has 0 unspecified atom stereocenters. The van der Waals surface area contributed by atoms with Crippen molar-refractivity contribution in [1.82, 2.24) is 9.55 Å². The summed E-state index contributed by atoms with van der Waals surface area (Å²) >= 11 is 0. The molecule has 1 heterocycles. The van der Waals surface area contributed by atoms with E-state index in [2.05, 4.69) is 10.3 Å². The van der Waals surface area contributed by atoms with Gasteiger partial charge >= 0.3 is 6.18 Å². The minimum Gasteiger partial charge on any atom is -0.325 e. The summed E-state index contributed by atoms with van der Waals surface area (Å²) < 4.78 is 38.2. The van der Waals surface area contributed by atoms with Crippen molar-refractivity contribution in [2.75, 3.05) is 5.32 Å². The Hall–Kier alpha value is -2.82. The molecule has 1 N–H and O–H groups in total. The van der Waals surface area contributed by atoms with E-state index in [1.807, 2.05) is 0 Å². The van der Waals surface area contributed by atoms with Gasteiger partial charge in [0, 0.05) is 18.1 Å². The quantitative estimate of drug-likeness (QED) is 0.944. The molecule has 1 atom stereocenters. The molecule has 22 heavy (non-hydrogen) atoms. The lowest BCUT2D eigenvalue weighted by molar-refractivity contribution is -0.141. The highest BCUT2D eigenvalue weighted by molar-refractivity contribution is 5.97. The number of imidazole rings is 1. The van der Waals surface area contributed by atoms with E-state index in [-0.39, 0.29) is 5.82 Å². The average molecular weight is 308 g/mol. The number of nitrogens with one attached hydrogen (secondary N) is 1. The van der Waals surface area contributed by atoms with E-state index in [0.29, 0.717) is 5.69 Å². The van der Waals surface area contributed by atoms with Crippen LogP contribution in [-0.2, 0) is 11.3 Å². The lowest BCUT2D eigenvalue weighted by Gasteiger charge is -2.14. The molecule has 0 saturated heterocycles. The molecule has 0 spiro atoms. The molecule has 1 aromatic heterocycles. The van der Waals surface area contributed by atoms with Crippen LogP contribution in [0.2, 0.25) is 0 Å². The van der Waals surface area contributed by atoms with Crippen molar-refractivity contribution in [3.05, 3.63) is 48.5 Å². The highest BCUT2D eigenvalue weighted by Crippen LogP contribution is 2.22. The average Bonchev–Trinajstić information content (AvgIpc) is 2.87. The van der Waals surface area contributed by atoms with Gasteiger partial charge in [-0.2, -0.15) is 18.4 Å². The molecule has 0 radical (unpaired) electrons. The second-order valence-corrected chi connectivity index (χ2v) is 4.45. The molecule has 114 valence electrons. The Balaban J connectivity index is 2.20. The van der Waals surface area contributed by atoms with Gasteiger partial charge in [-0.3, -0.25) is 4.79 Å². The van der Waals surface area contributed by atoms with E-state index in [1.54, 1.807) is 36.4 Å². The van der Waals surface area contributed by atoms with Gasteiger partial charge in [-0.15, -0.1) is 0 Å². The molecule has 0 aliphatic heterocycles. The first-order valence-corrected chi connectivity index (χ1v) is 6.24. The zero-order chi connectivity index (χ0) is 16.2. The number of amides is 1. The maximum Gasteiger partial charge on any atom is 0.406 e. The number of para-hydroxylation sites is 1. The number of aromatic nitrogens is 2. The number of carbonyl (C=O) groups excluding carboxylic acids is 1. The third-order valence-electron chi connectivity index (χ3n) is 2.79. The normalized spacial score (nSPS) is 12.5. The Morgan fingerprint density at radius 3 is 2.64 bits per heavy atom. The lowest BCUT2D eigenvalue weighted by Crippen LogP contribution is -2.26. The second kappa shape index (κ2) is 6.30. The molecule has 5 nitrogen and oxygen atoms in total. The monoisotopic (exact) mass is 308 g/mol. The number of carbonyl (C=O) groups is 1. The number of nitrogens with zero attached hydrogens (tertiary/aromatic N) is 3. The molecule has 1 amide bonds. The molecule has 0 fully saturated rings. The van der Waals surface area contributed by atoms with Crippen LogP contribution in [-0.4, -0.2) is 21.6 Å². The standard InChI is InChI=1S/C14H11F3N4O/c15-14(16,17)9-21-7-6-19-12(21)11(8-18)13(22)20-10-4-2-1-3-5-10/h1-7,11H,9H2,(H,20,22)/t11-/m0/s1. The Morgan fingerprint density at radius 2 is 2.05 bits per heavy atom. The van der Waals surface area contributed by atoms with Crippen molar-refractivity contribution < 1.29 is 18.0 Å². The second-order valence-electron chi connectivity index (χ2n) is 4.45. The summed E-state index contributed by atoms with van der Waals surface area (Å²) in [6, 6.07) is 10.0. The predicted molar refractivity (Wildman–Crippen MR) is 71.7 cm³/mol. The van der Waals surface area contributed by atoms with Crippen molar-refractivity contribution in [1.29, 1.82) is 5.26 Å². The van der Waals surface area contributed by atoms with Crippen LogP contribution in [0.3, 0.4) is 0 Å². The van der Waals surface area contributed by atoms with E-state index in [4.69, 9.17) is 5.26 Å². The molecule has 0 aliphatic carbocycles. The highest BCUT2D eigenvalue weighted by atomic mass is 19.4. The van der Waals surface area contributed by atoms with Gasteiger partial charge in [0.2, 0.25) is 5.91 Å². The molecule has 2 rings (SSSR count). The van der Waals surface area contributed by atoms with E-state index in [1.165, 1.54) is 0 Å². The molecule has 1 aromatic carbocycles. The fourth-order valence-corrected chi connectivity index (χ4v) is 1.88. The Labute approximate surface area is 124 Å². The van der Waals surface area contributed by atoms with Gasteiger partial charge in [-0.25, -0.2) is 4.98 Å². The smallest absolute Gasteiger partial charge is 0.325 e. The third-order valence-corrected chi connectivity index (χ3v) is 2.79. The van der Waals surface area contributed by atoms with Crippen molar-refractivity contribution in [3.8, 4) is 6.07 Å². The molecule has 2 aromatic rings. The number of rotatable bonds is 4. The van der Waals surface area contributed by atoms with E-state index < -0.39 is 24.5 Å². The number of benzene rings is 1. The fourth-order valence-electron chi connectivity index (χ4n) is 1.88. The zero-order valence-electron chi connectivity index (χ0n) is 11.2. The van der Waals surface area contributed by atoms with Crippen LogP contribution in [0.15, 0.2) is 42.7 Å². The van der Waals surface area contributed by atoms with Gasteiger partial charge in [0.15, 0.2) is 5.92 Å². The summed E-state index contributed by atoms with van der Waals surface area (Å²) in [5.74, 6) is -2.41. The van der Waals surface area contributed by atoms with Gasteiger partial charge in [-0.05, 0) is 12.1 Å². The van der Waals surface area contributed by atoms with Crippen molar-refractivity contribution >= 4 is 11.6 Å². The summed E-state index contributed by atoms with van der Waals surface area (Å²) in [5.41, 5.74) is 0.446. The highest BCUT2D eigenvalue weighted by Gasteiger charge is 2.32. The van der Waals surface area contributed by atoms with Crippen LogP contribution in [0.1, 0.15) is 11.7 Å². The summed E-state index contributed by atoms with van der Waals surface area (Å²) in [4.78, 5) is 15.8. The minimum atomic E-state index is -4.47. The van der Waals surface area contributed by atoms with E-state index >= 15 is 0 Å². The van der Waals surface area contributed by atoms with Crippen LogP contribution in [0.25, 0.3) is 0 Å².